The molecule has 0 bridgehead atoms. The molecule has 0 spiro atoms. The summed E-state index contributed by atoms with van der Waals surface area (Å²) in [5.74, 6) is -0.128. The molecule has 382 valence electrons. The lowest BCUT2D eigenvalue weighted by Crippen LogP contribution is -2.67. The minimum atomic E-state index is -1.72. The van der Waals surface area contributed by atoms with Gasteiger partial charge in [0.15, 0.2) is 18.9 Å². The molecular formula is C48H82O18. The van der Waals surface area contributed by atoms with Crippen LogP contribution in [-0.2, 0) is 28.4 Å². The lowest BCUT2D eigenvalue weighted by atomic mass is 9.35. The van der Waals surface area contributed by atoms with Gasteiger partial charge in [-0.1, -0.05) is 46.3 Å². The molecule has 0 aromatic heterocycles. The van der Waals surface area contributed by atoms with Crippen molar-refractivity contribution < 1.29 is 89.7 Å². The Hall–Kier alpha value is -0.980. The molecule has 0 amide bonds. The van der Waals surface area contributed by atoms with E-state index in [1.54, 1.807) is 0 Å². The van der Waals surface area contributed by atoms with Crippen molar-refractivity contribution >= 4 is 0 Å². The predicted molar refractivity (Wildman–Crippen MR) is 234 cm³/mol. The largest absolute Gasteiger partial charge is 0.394 e. The van der Waals surface area contributed by atoms with Crippen LogP contribution in [0.3, 0.4) is 0 Å². The summed E-state index contributed by atoms with van der Waals surface area (Å²) in [6.45, 7) is 15.8. The van der Waals surface area contributed by atoms with Crippen LogP contribution >= 0.6 is 0 Å². The summed E-state index contributed by atoms with van der Waals surface area (Å²) in [4.78, 5) is 0. The minimum absolute atomic E-state index is 0.133. The van der Waals surface area contributed by atoms with Gasteiger partial charge in [0.2, 0.25) is 0 Å². The second-order valence-electron chi connectivity index (χ2n) is 22.9. The van der Waals surface area contributed by atoms with E-state index in [0.29, 0.717) is 32.1 Å². The van der Waals surface area contributed by atoms with Crippen LogP contribution in [0.4, 0.5) is 0 Å². The maximum absolute atomic E-state index is 12.7. The number of hydrogen-bond donors (Lipinski definition) is 12. The van der Waals surface area contributed by atoms with Gasteiger partial charge in [-0.15, -0.1) is 0 Å². The highest BCUT2D eigenvalue weighted by molar-refractivity contribution is 5.20. The first-order valence-corrected chi connectivity index (χ1v) is 24.4. The number of aliphatic hydroxyl groups excluding tert-OH is 12. The molecule has 3 saturated heterocycles. The number of fused-ring (bicyclic) bond motifs is 5. The van der Waals surface area contributed by atoms with Crippen LogP contribution in [0.5, 0.6) is 0 Å². The molecule has 3 heterocycles. The number of ether oxygens (including phenoxy) is 6. The Bertz CT molecular complexity index is 1680. The average Bonchev–Trinajstić information content (AvgIpc) is 3.65. The van der Waals surface area contributed by atoms with E-state index in [2.05, 4.69) is 40.7 Å². The second kappa shape index (κ2) is 19.6. The van der Waals surface area contributed by atoms with Crippen molar-refractivity contribution in [3.05, 3.63) is 11.6 Å². The molecule has 7 fully saturated rings. The molecule has 18 nitrogen and oxygen atoms in total. The van der Waals surface area contributed by atoms with Crippen molar-refractivity contribution in [2.75, 3.05) is 19.8 Å². The summed E-state index contributed by atoms with van der Waals surface area (Å²) in [6, 6.07) is 0. The summed E-state index contributed by atoms with van der Waals surface area (Å²) < 4.78 is 36.6. The molecule has 25 atom stereocenters. The third-order valence-corrected chi connectivity index (χ3v) is 18.8. The van der Waals surface area contributed by atoms with Crippen molar-refractivity contribution in [2.24, 2.45) is 45.3 Å². The van der Waals surface area contributed by atoms with Crippen LogP contribution < -0.4 is 0 Å². The molecule has 0 unspecified atom stereocenters. The molecule has 66 heavy (non-hydrogen) atoms. The first-order chi connectivity index (χ1) is 30.8. The smallest absolute Gasteiger partial charge is 0.187 e. The molecule has 0 aromatic carbocycles. The summed E-state index contributed by atoms with van der Waals surface area (Å²) in [7, 11) is 0. The molecule has 4 saturated carbocycles. The van der Waals surface area contributed by atoms with E-state index in [4.69, 9.17) is 28.4 Å². The first kappa shape index (κ1) is 52.8. The SMILES string of the molecule is CC(C)=CCC[C@](C)(O[C@H]1O[C@H](CO[C@H]2O[C@H](CO)[C@@H](O)[C@@H](O)[C@H]2O)[C@@H](O)[C@@H](O)[C@H]1O)[C@H]1CC[C@]2(C)[C@@H]1[C@@H](O)C[C@H]1[C@@]3(C)CC[C@@H](O[C@H]4O[C@H](CO)[C@@H](O)[C@@H](O)[C@H]4O)C(C)(C)[C@@H]3CC[C@]12C. The van der Waals surface area contributed by atoms with Crippen LogP contribution in [0.1, 0.15) is 113 Å². The molecule has 0 radical (unpaired) electrons. The second-order valence-corrected chi connectivity index (χ2v) is 22.9. The zero-order valence-corrected chi connectivity index (χ0v) is 40.0. The molecule has 0 aromatic rings. The van der Waals surface area contributed by atoms with Crippen LogP contribution in [0.2, 0.25) is 0 Å². The summed E-state index contributed by atoms with van der Waals surface area (Å²) in [5, 5.41) is 129. The number of rotatable bonds is 13. The number of aliphatic hydroxyl groups is 12. The van der Waals surface area contributed by atoms with Gasteiger partial charge in [-0.3, -0.25) is 0 Å². The zero-order valence-electron chi connectivity index (χ0n) is 40.0. The molecule has 18 heteroatoms. The van der Waals surface area contributed by atoms with E-state index in [1.807, 2.05) is 20.8 Å². The number of hydrogen-bond acceptors (Lipinski definition) is 18. The van der Waals surface area contributed by atoms with Crippen molar-refractivity contribution in [3.8, 4) is 0 Å². The standard InChI is InChI=1S/C48H82O18/c1-22(2)10-9-14-48(8,66-43-40(60)37(57)34(54)27(64-43)21-61-41-38(58)35(55)32(52)25(19-49)62-41)23-11-16-47(7)31(23)24(51)18-29-45(5)15-13-30(44(3,4)28(45)12-17-46(29,47)6)65-42-39(59)36(56)33(53)26(20-50)63-42/h10,23-43,49-60H,9,11-21H2,1-8H3/t23-,24-,25+,26+,27+,28-,29-,30+,31-,32+,33+,34+,35+,36+,37+,38+,39+,40+,41-,42+,43+,45-,46+,47+,48-/m0/s1. The topological polar surface area (TPSA) is 298 Å². The Labute approximate surface area is 388 Å². The normalized spacial score (nSPS) is 52.4. The fourth-order valence-corrected chi connectivity index (χ4v) is 14.8. The van der Waals surface area contributed by atoms with E-state index in [-0.39, 0.29) is 46.0 Å². The summed E-state index contributed by atoms with van der Waals surface area (Å²) >= 11 is 0. The van der Waals surface area contributed by atoms with Gasteiger partial charge < -0.3 is 89.7 Å². The van der Waals surface area contributed by atoms with Gasteiger partial charge in [0.1, 0.15) is 73.2 Å². The van der Waals surface area contributed by atoms with Crippen LogP contribution in [0.15, 0.2) is 11.6 Å². The van der Waals surface area contributed by atoms with Gasteiger partial charge in [-0.25, -0.2) is 0 Å². The molecular weight excluding hydrogens is 865 g/mol. The third-order valence-electron chi connectivity index (χ3n) is 18.8. The van der Waals surface area contributed by atoms with Gasteiger partial charge in [-0.2, -0.15) is 0 Å². The fraction of sp³-hybridized carbons (Fsp3) is 0.958. The van der Waals surface area contributed by atoms with Crippen molar-refractivity contribution in [1.82, 2.24) is 0 Å². The van der Waals surface area contributed by atoms with Gasteiger partial charge in [0, 0.05) is 0 Å². The van der Waals surface area contributed by atoms with E-state index >= 15 is 0 Å². The fourth-order valence-electron chi connectivity index (χ4n) is 14.8. The van der Waals surface area contributed by atoms with Crippen molar-refractivity contribution in [1.29, 1.82) is 0 Å². The van der Waals surface area contributed by atoms with E-state index in [0.717, 1.165) is 31.3 Å². The number of allylic oxidation sites excluding steroid dienone is 2. The Kier molecular flexibility index (Phi) is 15.7. The molecule has 7 aliphatic rings. The monoisotopic (exact) mass is 947 g/mol. The van der Waals surface area contributed by atoms with Crippen LogP contribution in [0.25, 0.3) is 0 Å². The minimum Gasteiger partial charge on any atom is -0.394 e. The maximum atomic E-state index is 12.7. The van der Waals surface area contributed by atoms with Gasteiger partial charge in [0.05, 0.1) is 37.6 Å². The third kappa shape index (κ3) is 8.90. The Morgan fingerprint density at radius 1 is 0.621 bits per heavy atom. The summed E-state index contributed by atoms with van der Waals surface area (Å²) in [5.41, 5.74) is -1.06. The zero-order chi connectivity index (χ0) is 48.6. The molecule has 7 rings (SSSR count). The molecule has 12 N–H and O–H groups in total. The first-order valence-electron chi connectivity index (χ1n) is 24.4. The van der Waals surface area contributed by atoms with Crippen LogP contribution in [-0.4, -0.2) is 191 Å². The average molecular weight is 947 g/mol. The Balaban J connectivity index is 1.11. The molecule has 3 aliphatic heterocycles. The van der Waals surface area contributed by atoms with Crippen LogP contribution in [0, 0.1) is 45.3 Å². The van der Waals surface area contributed by atoms with Gasteiger partial charge >= 0.3 is 0 Å². The lowest BCUT2D eigenvalue weighted by Gasteiger charge is -2.71. The van der Waals surface area contributed by atoms with Crippen molar-refractivity contribution in [3.63, 3.8) is 0 Å². The maximum Gasteiger partial charge on any atom is 0.187 e. The predicted octanol–water partition coefficient (Wildman–Crippen LogP) is -0.0268. The Morgan fingerprint density at radius 3 is 1.74 bits per heavy atom. The van der Waals surface area contributed by atoms with E-state index < -0.39 is 129 Å². The Morgan fingerprint density at radius 2 is 1.15 bits per heavy atom. The van der Waals surface area contributed by atoms with Gasteiger partial charge in [0.25, 0.3) is 0 Å². The van der Waals surface area contributed by atoms with E-state index in [1.165, 1.54) is 0 Å². The summed E-state index contributed by atoms with van der Waals surface area (Å²) in [6.07, 6.45) is -14.9. The lowest BCUT2D eigenvalue weighted by molar-refractivity contribution is -0.350. The van der Waals surface area contributed by atoms with Gasteiger partial charge in [-0.05, 0) is 124 Å². The molecule has 4 aliphatic carbocycles. The van der Waals surface area contributed by atoms with Crippen molar-refractivity contribution in [2.45, 2.75) is 223 Å². The van der Waals surface area contributed by atoms with E-state index in [9.17, 15) is 61.3 Å². The highest BCUT2D eigenvalue weighted by atomic mass is 16.7. The highest BCUT2D eigenvalue weighted by Crippen LogP contribution is 2.76. The highest BCUT2D eigenvalue weighted by Gasteiger charge is 2.72. The quantitative estimate of drug-likeness (QED) is 0.0853.